The van der Waals surface area contributed by atoms with Gasteiger partial charge >= 0.3 is 0 Å². The van der Waals surface area contributed by atoms with Gasteiger partial charge in [0.15, 0.2) is 6.29 Å². The molecule has 0 saturated carbocycles. The average molecular weight is 309 g/mol. The molecule has 106 valence electrons. The Labute approximate surface area is 129 Å². The Morgan fingerprint density at radius 1 is 1.05 bits per heavy atom. The van der Waals surface area contributed by atoms with Gasteiger partial charge in [0.05, 0.1) is 0 Å². The van der Waals surface area contributed by atoms with Gasteiger partial charge in [-0.3, -0.25) is 0 Å². The van der Waals surface area contributed by atoms with Crippen LogP contribution in [0.4, 0.5) is 0 Å². The van der Waals surface area contributed by atoms with Crippen molar-refractivity contribution in [1.82, 2.24) is 0 Å². The zero-order valence-electron chi connectivity index (χ0n) is 11.5. The minimum absolute atomic E-state index is 0.304. The third-order valence-electron chi connectivity index (χ3n) is 2.87. The summed E-state index contributed by atoms with van der Waals surface area (Å²) in [6, 6.07) is 16.2. The number of rotatable bonds is 6. The Balaban J connectivity index is 1.97. The van der Waals surface area contributed by atoms with Gasteiger partial charge in [0.2, 0.25) is 0 Å². The Morgan fingerprint density at radius 3 is 2.35 bits per heavy atom. The van der Waals surface area contributed by atoms with Crippen LogP contribution >= 0.6 is 23.4 Å². The molecule has 2 nitrogen and oxygen atoms in total. The van der Waals surface area contributed by atoms with Gasteiger partial charge in [0.1, 0.15) is 0 Å². The largest absolute Gasteiger partial charge is 0.352 e. The third-order valence-corrected chi connectivity index (χ3v) is 4.19. The van der Waals surface area contributed by atoms with Gasteiger partial charge in [0.25, 0.3) is 0 Å². The Morgan fingerprint density at radius 2 is 1.75 bits per heavy atom. The smallest absolute Gasteiger partial charge is 0.183 e. The summed E-state index contributed by atoms with van der Waals surface area (Å²) in [6.07, 6.45) is -0.304. The van der Waals surface area contributed by atoms with Crippen LogP contribution < -0.4 is 0 Å². The zero-order chi connectivity index (χ0) is 14.4. The monoisotopic (exact) mass is 308 g/mol. The van der Waals surface area contributed by atoms with Crippen molar-refractivity contribution in [3.8, 4) is 0 Å². The van der Waals surface area contributed by atoms with E-state index in [1.807, 2.05) is 30.3 Å². The van der Waals surface area contributed by atoms with Gasteiger partial charge in [-0.15, -0.1) is 11.8 Å². The first-order chi connectivity index (χ1) is 9.72. The van der Waals surface area contributed by atoms with Crippen LogP contribution in [-0.2, 0) is 15.2 Å². The first-order valence-corrected chi connectivity index (χ1v) is 7.62. The summed E-state index contributed by atoms with van der Waals surface area (Å²) in [5.41, 5.74) is 2.24. The van der Waals surface area contributed by atoms with Crippen molar-refractivity contribution in [1.29, 1.82) is 0 Å². The summed E-state index contributed by atoms with van der Waals surface area (Å²) >= 11 is 7.75. The SMILES string of the molecule is COC(OC)c1ccc(SCc2cccc(Cl)c2)cc1. The van der Waals surface area contributed by atoms with Crippen LogP contribution in [0.25, 0.3) is 0 Å². The van der Waals surface area contributed by atoms with E-state index in [0.29, 0.717) is 0 Å². The van der Waals surface area contributed by atoms with Crippen LogP contribution in [0.1, 0.15) is 17.4 Å². The van der Waals surface area contributed by atoms with Crippen molar-refractivity contribution in [3.63, 3.8) is 0 Å². The molecule has 0 aliphatic heterocycles. The maximum atomic E-state index is 5.98. The molecular formula is C16H17ClO2S. The number of halogens is 1. The highest BCUT2D eigenvalue weighted by Crippen LogP contribution is 2.26. The maximum absolute atomic E-state index is 5.98. The van der Waals surface area contributed by atoms with E-state index in [2.05, 4.69) is 18.2 Å². The highest BCUT2D eigenvalue weighted by atomic mass is 35.5. The highest BCUT2D eigenvalue weighted by Gasteiger charge is 2.08. The van der Waals surface area contributed by atoms with Gasteiger partial charge in [-0.25, -0.2) is 0 Å². The van der Waals surface area contributed by atoms with Crippen molar-refractivity contribution in [2.45, 2.75) is 16.9 Å². The van der Waals surface area contributed by atoms with Crippen molar-refractivity contribution in [2.24, 2.45) is 0 Å². The van der Waals surface area contributed by atoms with Crippen LogP contribution in [0.3, 0.4) is 0 Å². The number of benzene rings is 2. The lowest BCUT2D eigenvalue weighted by atomic mass is 10.2. The molecule has 0 heterocycles. The molecule has 0 aliphatic rings. The molecular weight excluding hydrogens is 292 g/mol. The molecule has 0 bridgehead atoms. The van der Waals surface area contributed by atoms with E-state index < -0.39 is 0 Å². The van der Waals surface area contributed by atoms with Crippen LogP contribution in [0.2, 0.25) is 5.02 Å². The summed E-state index contributed by atoms with van der Waals surface area (Å²) < 4.78 is 10.4. The fraction of sp³-hybridized carbons (Fsp3) is 0.250. The summed E-state index contributed by atoms with van der Waals surface area (Å²) in [7, 11) is 3.27. The van der Waals surface area contributed by atoms with E-state index in [9.17, 15) is 0 Å². The molecule has 0 atom stereocenters. The van der Waals surface area contributed by atoms with Crippen molar-refractivity contribution in [3.05, 3.63) is 64.7 Å². The molecule has 0 saturated heterocycles. The molecule has 0 unspecified atom stereocenters. The second kappa shape index (κ2) is 7.70. The quantitative estimate of drug-likeness (QED) is 0.557. The molecule has 2 rings (SSSR count). The Hall–Kier alpha value is -1.00. The topological polar surface area (TPSA) is 18.5 Å². The first kappa shape index (κ1) is 15.4. The van der Waals surface area contributed by atoms with Gasteiger partial charge < -0.3 is 9.47 Å². The fourth-order valence-electron chi connectivity index (χ4n) is 1.88. The lowest BCUT2D eigenvalue weighted by Crippen LogP contribution is -2.02. The summed E-state index contributed by atoms with van der Waals surface area (Å²) in [6.45, 7) is 0. The molecule has 0 radical (unpaired) electrons. The normalized spacial score (nSPS) is 11.0. The number of hydrogen-bond acceptors (Lipinski definition) is 3. The van der Waals surface area contributed by atoms with Crippen LogP contribution in [0.5, 0.6) is 0 Å². The summed E-state index contributed by atoms with van der Waals surface area (Å²) in [5.74, 6) is 0.901. The van der Waals surface area contributed by atoms with Gasteiger partial charge in [0, 0.05) is 35.5 Å². The van der Waals surface area contributed by atoms with Crippen molar-refractivity contribution >= 4 is 23.4 Å². The van der Waals surface area contributed by atoms with E-state index in [1.165, 1.54) is 10.5 Å². The van der Waals surface area contributed by atoms with Gasteiger partial charge in [-0.2, -0.15) is 0 Å². The van der Waals surface area contributed by atoms with Crippen LogP contribution in [0, 0.1) is 0 Å². The predicted octanol–water partition coefficient (Wildman–Crippen LogP) is 4.92. The lowest BCUT2D eigenvalue weighted by molar-refractivity contribution is -0.106. The second-order valence-electron chi connectivity index (χ2n) is 4.29. The zero-order valence-corrected chi connectivity index (χ0v) is 13.1. The summed E-state index contributed by atoms with van der Waals surface area (Å²) in [4.78, 5) is 1.21. The molecule has 2 aromatic rings. The number of ether oxygens (including phenoxy) is 2. The minimum atomic E-state index is -0.304. The third kappa shape index (κ3) is 4.25. The van der Waals surface area contributed by atoms with E-state index in [1.54, 1.807) is 26.0 Å². The Bertz CT molecular complexity index is 538. The fourth-order valence-corrected chi connectivity index (χ4v) is 2.94. The van der Waals surface area contributed by atoms with E-state index >= 15 is 0 Å². The molecule has 0 aromatic heterocycles. The standard InChI is InChI=1S/C16H17ClO2S/c1-18-16(19-2)13-6-8-15(9-7-13)20-11-12-4-3-5-14(17)10-12/h3-10,16H,11H2,1-2H3. The van der Waals surface area contributed by atoms with E-state index in [-0.39, 0.29) is 6.29 Å². The molecule has 0 fully saturated rings. The molecule has 0 N–H and O–H groups in total. The maximum Gasteiger partial charge on any atom is 0.183 e. The van der Waals surface area contributed by atoms with Crippen LogP contribution in [0.15, 0.2) is 53.4 Å². The first-order valence-electron chi connectivity index (χ1n) is 6.25. The highest BCUT2D eigenvalue weighted by molar-refractivity contribution is 7.98. The second-order valence-corrected chi connectivity index (χ2v) is 5.78. The molecule has 0 aliphatic carbocycles. The van der Waals surface area contributed by atoms with Gasteiger partial charge in [-0.05, 0) is 29.8 Å². The number of thioether (sulfide) groups is 1. The van der Waals surface area contributed by atoms with Crippen molar-refractivity contribution in [2.75, 3.05) is 14.2 Å². The molecule has 2 aromatic carbocycles. The summed E-state index contributed by atoms with van der Waals surface area (Å²) in [5, 5.41) is 0.779. The molecule has 0 amide bonds. The van der Waals surface area contributed by atoms with Crippen molar-refractivity contribution < 1.29 is 9.47 Å². The van der Waals surface area contributed by atoms with E-state index in [0.717, 1.165) is 16.3 Å². The number of methoxy groups -OCH3 is 2. The molecule has 4 heteroatoms. The molecule has 20 heavy (non-hydrogen) atoms. The molecule has 0 spiro atoms. The van der Waals surface area contributed by atoms with Crippen LogP contribution in [-0.4, -0.2) is 14.2 Å². The average Bonchev–Trinajstić information content (AvgIpc) is 2.48. The predicted molar refractivity (Wildman–Crippen MR) is 84.2 cm³/mol. The van der Waals surface area contributed by atoms with Gasteiger partial charge in [-0.1, -0.05) is 35.9 Å². The number of hydrogen-bond donors (Lipinski definition) is 0. The lowest BCUT2D eigenvalue weighted by Gasteiger charge is -2.13. The Kier molecular flexibility index (Phi) is 5.92. The minimum Gasteiger partial charge on any atom is -0.352 e. The van der Waals surface area contributed by atoms with E-state index in [4.69, 9.17) is 21.1 Å².